The van der Waals surface area contributed by atoms with Crippen LogP contribution in [0.25, 0.3) is 0 Å². The topological polar surface area (TPSA) is 54.5 Å². The van der Waals surface area contributed by atoms with Crippen LogP contribution in [0.3, 0.4) is 0 Å². The Labute approximate surface area is 171 Å². The summed E-state index contributed by atoms with van der Waals surface area (Å²) < 4.78 is 19.6. The molecule has 1 atom stereocenters. The highest BCUT2D eigenvalue weighted by Gasteiger charge is 2.42. The molecule has 0 bridgehead atoms. The van der Waals surface area contributed by atoms with Crippen molar-refractivity contribution < 1.29 is 13.9 Å². The van der Waals surface area contributed by atoms with Gasteiger partial charge in [-0.05, 0) is 55.0 Å². The Morgan fingerprint density at radius 2 is 2.03 bits per heavy atom. The predicted octanol–water partition coefficient (Wildman–Crippen LogP) is 3.09. The van der Waals surface area contributed by atoms with Crippen LogP contribution in [0.5, 0.6) is 0 Å². The van der Waals surface area contributed by atoms with Crippen LogP contribution in [0.1, 0.15) is 36.8 Å². The van der Waals surface area contributed by atoms with E-state index in [-0.39, 0.29) is 29.9 Å². The summed E-state index contributed by atoms with van der Waals surface area (Å²) in [5.74, 6) is -0.405. The first-order valence-electron chi connectivity index (χ1n) is 10.4. The highest BCUT2D eigenvalue weighted by molar-refractivity contribution is 5.78. The van der Waals surface area contributed by atoms with Gasteiger partial charge < -0.3 is 10.1 Å². The van der Waals surface area contributed by atoms with Crippen molar-refractivity contribution in [3.05, 3.63) is 65.7 Å². The van der Waals surface area contributed by atoms with Crippen molar-refractivity contribution in [1.29, 1.82) is 0 Å². The Hall–Kier alpha value is -2.31. The number of carbonyl (C=O) groups excluding carboxylic acids is 1. The molecule has 1 aromatic heterocycles. The fourth-order valence-corrected chi connectivity index (χ4v) is 4.40. The monoisotopic (exact) mass is 397 g/mol. The SMILES string of the molecule is O=C(Cc1cccc(F)c1)NCC1CCC2(CCN(Cc3cccnc3)CC2)O1. The van der Waals surface area contributed by atoms with Crippen LogP contribution in [0.15, 0.2) is 48.8 Å². The number of nitrogens with zero attached hydrogens (tertiary/aromatic N) is 2. The molecule has 154 valence electrons. The van der Waals surface area contributed by atoms with E-state index >= 15 is 0 Å². The number of halogens is 1. The van der Waals surface area contributed by atoms with Gasteiger partial charge in [-0.15, -0.1) is 0 Å². The van der Waals surface area contributed by atoms with Crippen LogP contribution in [0.2, 0.25) is 0 Å². The number of nitrogens with one attached hydrogen (secondary N) is 1. The Kier molecular flexibility index (Phi) is 6.21. The minimum Gasteiger partial charge on any atom is -0.370 e. The van der Waals surface area contributed by atoms with E-state index in [2.05, 4.69) is 21.3 Å². The third-order valence-electron chi connectivity index (χ3n) is 6.02. The van der Waals surface area contributed by atoms with Crippen LogP contribution in [0.4, 0.5) is 4.39 Å². The molecule has 4 rings (SSSR count). The van der Waals surface area contributed by atoms with Crippen molar-refractivity contribution in [3.63, 3.8) is 0 Å². The summed E-state index contributed by atoms with van der Waals surface area (Å²) in [6, 6.07) is 10.3. The molecule has 1 N–H and O–H groups in total. The molecular weight excluding hydrogens is 369 g/mol. The van der Waals surface area contributed by atoms with E-state index in [0.717, 1.165) is 45.3 Å². The third-order valence-corrected chi connectivity index (χ3v) is 6.02. The number of amides is 1. The molecule has 0 aliphatic carbocycles. The van der Waals surface area contributed by atoms with E-state index in [1.807, 2.05) is 12.3 Å². The van der Waals surface area contributed by atoms with Gasteiger partial charge >= 0.3 is 0 Å². The molecule has 1 spiro atoms. The number of ether oxygens (including phenoxy) is 1. The second-order valence-corrected chi connectivity index (χ2v) is 8.21. The van der Waals surface area contributed by atoms with Gasteiger partial charge in [-0.1, -0.05) is 18.2 Å². The van der Waals surface area contributed by atoms with E-state index in [4.69, 9.17) is 4.74 Å². The van der Waals surface area contributed by atoms with Gasteiger partial charge in [-0.3, -0.25) is 14.7 Å². The Morgan fingerprint density at radius 1 is 1.21 bits per heavy atom. The fourth-order valence-electron chi connectivity index (χ4n) is 4.40. The number of aromatic nitrogens is 1. The van der Waals surface area contributed by atoms with Crippen LogP contribution in [0, 0.1) is 5.82 Å². The smallest absolute Gasteiger partial charge is 0.224 e. The third kappa shape index (κ3) is 5.40. The zero-order valence-corrected chi connectivity index (χ0v) is 16.6. The highest BCUT2D eigenvalue weighted by Crippen LogP contribution is 2.38. The number of piperidine rings is 1. The van der Waals surface area contributed by atoms with E-state index in [0.29, 0.717) is 12.1 Å². The Balaban J connectivity index is 1.20. The number of hydrogen-bond acceptors (Lipinski definition) is 4. The number of likely N-dealkylation sites (tertiary alicyclic amines) is 1. The molecule has 2 saturated heterocycles. The lowest BCUT2D eigenvalue weighted by atomic mass is 9.88. The van der Waals surface area contributed by atoms with E-state index < -0.39 is 0 Å². The molecule has 2 aromatic rings. The summed E-state index contributed by atoms with van der Waals surface area (Å²) in [6.45, 7) is 3.50. The molecule has 6 heteroatoms. The van der Waals surface area contributed by atoms with E-state index in [9.17, 15) is 9.18 Å². The minimum absolute atomic E-state index is 0.0383. The number of hydrogen-bond donors (Lipinski definition) is 1. The van der Waals surface area contributed by atoms with Gasteiger partial charge in [0.2, 0.25) is 5.91 Å². The maximum atomic E-state index is 13.2. The first kappa shape index (κ1) is 20.0. The van der Waals surface area contributed by atoms with Gasteiger partial charge in [0, 0.05) is 38.6 Å². The maximum Gasteiger partial charge on any atom is 0.224 e. The molecular formula is C23H28FN3O2. The quantitative estimate of drug-likeness (QED) is 0.814. The van der Waals surface area contributed by atoms with Crippen LogP contribution >= 0.6 is 0 Å². The van der Waals surface area contributed by atoms with Crippen molar-refractivity contribution in [2.24, 2.45) is 0 Å². The largest absolute Gasteiger partial charge is 0.370 e. The molecule has 3 heterocycles. The zero-order valence-electron chi connectivity index (χ0n) is 16.6. The lowest BCUT2D eigenvalue weighted by Crippen LogP contribution is -2.45. The van der Waals surface area contributed by atoms with Crippen LogP contribution in [-0.4, -0.2) is 47.1 Å². The van der Waals surface area contributed by atoms with Gasteiger partial charge in [0.15, 0.2) is 0 Å². The van der Waals surface area contributed by atoms with Crippen LogP contribution < -0.4 is 5.32 Å². The summed E-state index contributed by atoms with van der Waals surface area (Å²) in [5.41, 5.74) is 1.89. The first-order valence-corrected chi connectivity index (χ1v) is 10.4. The molecule has 2 fully saturated rings. The molecule has 1 amide bonds. The average molecular weight is 397 g/mol. The van der Waals surface area contributed by atoms with Crippen LogP contribution in [-0.2, 0) is 22.5 Å². The molecule has 0 radical (unpaired) electrons. The molecule has 2 aliphatic rings. The van der Waals surface area contributed by atoms with Crippen molar-refractivity contribution in [3.8, 4) is 0 Å². The van der Waals surface area contributed by atoms with Gasteiger partial charge in [-0.25, -0.2) is 4.39 Å². The van der Waals surface area contributed by atoms with Gasteiger partial charge in [0.05, 0.1) is 18.1 Å². The Bertz CT molecular complexity index is 822. The van der Waals surface area contributed by atoms with Gasteiger partial charge in [0.25, 0.3) is 0 Å². The van der Waals surface area contributed by atoms with E-state index in [1.54, 1.807) is 18.3 Å². The number of benzene rings is 1. The molecule has 1 unspecified atom stereocenters. The standard InChI is InChI=1S/C23H28FN3O2/c24-20-5-1-3-18(13-20)14-22(28)26-16-21-6-7-23(29-21)8-11-27(12-9-23)17-19-4-2-10-25-15-19/h1-5,10,13,15,21H,6-9,11-12,14,16-17H2,(H,26,28). The second-order valence-electron chi connectivity index (χ2n) is 8.21. The highest BCUT2D eigenvalue weighted by atomic mass is 19.1. The molecule has 29 heavy (non-hydrogen) atoms. The number of carbonyl (C=O) groups is 1. The normalized spacial score (nSPS) is 21.3. The predicted molar refractivity (Wildman–Crippen MR) is 109 cm³/mol. The summed E-state index contributed by atoms with van der Waals surface area (Å²) in [7, 11) is 0. The average Bonchev–Trinajstić information content (AvgIpc) is 3.12. The lowest BCUT2D eigenvalue weighted by molar-refractivity contribution is -0.122. The minimum atomic E-state index is -0.314. The maximum absolute atomic E-state index is 13.2. The summed E-state index contributed by atoms with van der Waals surface area (Å²) in [5, 5.41) is 2.95. The summed E-state index contributed by atoms with van der Waals surface area (Å²) in [6.07, 6.45) is 8.08. The zero-order chi connectivity index (χ0) is 20.1. The summed E-state index contributed by atoms with van der Waals surface area (Å²) in [4.78, 5) is 18.8. The Morgan fingerprint density at radius 3 is 2.79 bits per heavy atom. The van der Waals surface area contributed by atoms with Gasteiger partial charge in [-0.2, -0.15) is 0 Å². The molecule has 2 aliphatic heterocycles. The van der Waals surface area contributed by atoms with E-state index in [1.165, 1.54) is 17.7 Å². The molecule has 0 saturated carbocycles. The van der Waals surface area contributed by atoms with Crippen molar-refractivity contribution in [2.45, 2.75) is 50.4 Å². The molecule has 1 aromatic carbocycles. The van der Waals surface area contributed by atoms with Crippen molar-refractivity contribution >= 4 is 5.91 Å². The van der Waals surface area contributed by atoms with Crippen molar-refractivity contribution in [2.75, 3.05) is 19.6 Å². The fraction of sp³-hybridized carbons (Fsp3) is 0.478. The first-order chi connectivity index (χ1) is 14.1. The van der Waals surface area contributed by atoms with Crippen molar-refractivity contribution in [1.82, 2.24) is 15.2 Å². The summed E-state index contributed by atoms with van der Waals surface area (Å²) >= 11 is 0. The lowest BCUT2D eigenvalue weighted by Gasteiger charge is -2.39. The second kappa shape index (κ2) is 9.01. The number of rotatable bonds is 6. The molecule has 5 nitrogen and oxygen atoms in total. The van der Waals surface area contributed by atoms with Gasteiger partial charge in [0.1, 0.15) is 5.82 Å². The number of pyridine rings is 1.